The predicted molar refractivity (Wildman–Crippen MR) is 78.4 cm³/mol. The van der Waals surface area contributed by atoms with Gasteiger partial charge in [-0.15, -0.1) is 0 Å². The number of nitrogens with one attached hydrogen (secondary N) is 1. The SMILES string of the molecule is CC(NC(=O)c1ccc(OCC2CC2)cc1)C(C)C(=O)O. The zero-order valence-corrected chi connectivity index (χ0v) is 12.3. The van der Waals surface area contributed by atoms with E-state index in [1.54, 1.807) is 38.1 Å². The molecular weight excluding hydrogens is 270 g/mol. The molecule has 21 heavy (non-hydrogen) atoms. The number of hydrogen-bond acceptors (Lipinski definition) is 3. The maximum Gasteiger partial charge on any atom is 0.308 e. The van der Waals surface area contributed by atoms with Crippen LogP contribution in [-0.2, 0) is 4.79 Å². The first-order chi connectivity index (χ1) is 9.97. The molecule has 0 radical (unpaired) electrons. The number of ether oxygens (including phenoxy) is 1. The van der Waals surface area contributed by atoms with Crippen molar-refractivity contribution in [3.63, 3.8) is 0 Å². The smallest absolute Gasteiger partial charge is 0.308 e. The Balaban J connectivity index is 1.88. The van der Waals surface area contributed by atoms with Crippen LogP contribution in [0.25, 0.3) is 0 Å². The van der Waals surface area contributed by atoms with Gasteiger partial charge in [-0.3, -0.25) is 9.59 Å². The van der Waals surface area contributed by atoms with Gasteiger partial charge in [0.2, 0.25) is 0 Å². The second-order valence-electron chi connectivity index (χ2n) is 5.67. The fourth-order valence-corrected chi connectivity index (χ4v) is 1.83. The minimum Gasteiger partial charge on any atom is -0.493 e. The largest absolute Gasteiger partial charge is 0.493 e. The molecule has 0 bridgehead atoms. The van der Waals surface area contributed by atoms with Gasteiger partial charge in [-0.2, -0.15) is 0 Å². The van der Waals surface area contributed by atoms with Crippen LogP contribution in [0.2, 0.25) is 0 Å². The lowest BCUT2D eigenvalue weighted by atomic mass is 10.0. The second-order valence-corrected chi connectivity index (χ2v) is 5.67. The van der Waals surface area contributed by atoms with Crippen LogP contribution in [0.5, 0.6) is 5.75 Å². The second kappa shape index (κ2) is 6.61. The molecule has 0 aliphatic heterocycles. The molecule has 2 N–H and O–H groups in total. The Bertz CT molecular complexity index is 508. The molecule has 5 heteroatoms. The fourth-order valence-electron chi connectivity index (χ4n) is 1.83. The van der Waals surface area contributed by atoms with E-state index >= 15 is 0 Å². The molecular formula is C16H21NO4. The van der Waals surface area contributed by atoms with E-state index < -0.39 is 17.9 Å². The van der Waals surface area contributed by atoms with Crippen molar-refractivity contribution in [3.05, 3.63) is 29.8 Å². The van der Waals surface area contributed by atoms with Crippen molar-refractivity contribution < 1.29 is 19.4 Å². The van der Waals surface area contributed by atoms with Gasteiger partial charge < -0.3 is 15.2 Å². The van der Waals surface area contributed by atoms with E-state index in [1.165, 1.54) is 12.8 Å². The van der Waals surface area contributed by atoms with E-state index in [9.17, 15) is 9.59 Å². The molecule has 0 spiro atoms. The number of rotatable bonds is 7. The highest BCUT2D eigenvalue weighted by atomic mass is 16.5. The van der Waals surface area contributed by atoms with Crippen LogP contribution in [0.4, 0.5) is 0 Å². The van der Waals surface area contributed by atoms with Crippen molar-refractivity contribution in [3.8, 4) is 5.75 Å². The molecule has 1 aliphatic carbocycles. The van der Waals surface area contributed by atoms with Crippen LogP contribution in [-0.4, -0.2) is 29.6 Å². The number of benzene rings is 1. The molecule has 1 aliphatic rings. The fraction of sp³-hybridized carbons (Fsp3) is 0.500. The number of aliphatic carboxylic acids is 1. The first kappa shape index (κ1) is 15.4. The van der Waals surface area contributed by atoms with Crippen LogP contribution in [0.1, 0.15) is 37.0 Å². The van der Waals surface area contributed by atoms with E-state index in [0.29, 0.717) is 11.5 Å². The Morgan fingerprint density at radius 1 is 1.29 bits per heavy atom. The van der Waals surface area contributed by atoms with Crippen molar-refractivity contribution >= 4 is 11.9 Å². The average Bonchev–Trinajstić information content (AvgIpc) is 3.28. The monoisotopic (exact) mass is 291 g/mol. The topological polar surface area (TPSA) is 75.6 Å². The molecule has 2 unspecified atom stereocenters. The summed E-state index contributed by atoms with van der Waals surface area (Å²) in [6.45, 7) is 3.99. The Labute approximate surface area is 124 Å². The molecule has 1 fully saturated rings. The van der Waals surface area contributed by atoms with E-state index in [0.717, 1.165) is 12.4 Å². The van der Waals surface area contributed by atoms with Crippen molar-refractivity contribution in [2.75, 3.05) is 6.61 Å². The summed E-state index contributed by atoms with van der Waals surface area (Å²) in [6, 6.07) is 6.48. The molecule has 1 amide bonds. The van der Waals surface area contributed by atoms with Crippen molar-refractivity contribution in [1.82, 2.24) is 5.32 Å². The summed E-state index contributed by atoms with van der Waals surface area (Å²) in [7, 11) is 0. The zero-order chi connectivity index (χ0) is 15.4. The van der Waals surface area contributed by atoms with Crippen molar-refractivity contribution in [1.29, 1.82) is 0 Å². The first-order valence-electron chi connectivity index (χ1n) is 7.24. The van der Waals surface area contributed by atoms with Gasteiger partial charge in [0.1, 0.15) is 5.75 Å². The highest BCUT2D eigenvalue weighted by Gasteiger charge is 2.22. The zero-order valence-electron chi connectivity index (χ0n) is 12.3. The molecule has 0 saturated heterocycles. The van der Waals surface area contributed by atoms with Gasteiger partial charge in [-0.1, -0.05) is 0 Å². The lowest BCUT2D eigenvalue weighted by molar-refractivity contribution is -0.141. The van der Waals surface area contributed by atoms with Gasteiger partial charge in [0, 0.05) is 11.6 Å². The minimum absolute atomic E-state index is 0.274. The number of amides is 1. The summed E-state index contributed by atoms with van der Waals surface area (Å²) in [5.74, 6) is -0.386. The van der Waals surface area contributed by atoms with Gasteiger partial charge >= 0.3 is 5.97 Å². The summed E-state index contributed by atoms with van der Waals surface area (Å²) >= 11 is 0. The van der Waals surface area contributed by atoms with Crippen molar-refractivity contribution in [2.45, 2.75) is 32.7 Å². The third-order valence-electron chi connectivity index (χ3n) is 3.80. The molecule has 5 nitrogen and oxygen atoms in total. The highest BCUT2D eigenvalue weighted by Crippen LogP contribution is 2.29. The Morgan fingerprint density at radius 2 is 1.90 bits per heavy atom. The van der Waals surface area contributed by atoms with Gasteiger partial charge in [-0.05, 0) is 56.9 Å². The molecule has 1 aromatic carbocycles. The predicted octanol–water partition coefficient (Wildman–Crippen LogP) is 2.31. The molecule has 114 valence electrons. The van der Waals surface area contributed by atoms with E-state index in [1.807, 2.05) is 0 Å². The summed E-state index contributed by atoms with van der Waals surface area (Å²) < 4.78 is 5.61. The van der Waals surface area contributed by atoms with E-state index in [-0.39, 0.29) is 5.91 Å². The van der Waals surface area contributed by atoms with Gasteiger partial charge in [0.05, 0.1) is 12.5 Å². The van der Waals surface area contributed by atoms with Crippen LogP contribution in [0.15, 0.2) is 24.3 Å². The lowest BCUT2D eigenvalue weighted by Crippen LogP contribution is -2.40. The van der Waals surface area contributed by atoms with Gasteiger partial charge in [0.25, 0.3) is 5.91 Å². The van der Waals surface area contributed by atoms with Crippen LogP contribution in [0, 0.1) is 11.8 Å². The lowest BCUT2D eigenvalue weighted by Gasteiger charge is -2.17. The third kappa shape index (κ3) is 4.48. The summed E-state index contributed by atoms with van der Waals surface area (Å²) in [5.41, 5.74) is 0.498. The van der Waals surface area contributed by atoms with Crippen LogP contribution >= 0.6 is 0 Å². The standard InChI is InChI=1S/C16H21NO4/c1-10(16(19)20)11(2)17-15(18)13-5-7-14(8-6-13)21-9-12-3-4-12/h5-8,10-12H,3-4,9H2,1-2H3,(H,17,18)(H,19,20). The van der Waals surface area contributed by atoms with E-state index in [4.69, 9.17) is 9.84 Å². The Morgan fingerprint density at radius 3 is 2.43 bits per heavy atom. The summed E-state index contributed by atoms with van der Waals surface area (Å²) in [6.07, 6.45) is 2.47. The maximum absolute atomic E-state index is 12.0. The molecule has 0 aromatic heterocycles. The molecule has 1 saturated carbocycles. The Hall–Kier alpha value is -2.04. The maximum atomic E-state index is 12.0. The minimum atomic E-state index is -0.924. The number of carbonyl (C=O) groups excluding carboxylic acids is 1. The average molecular weight is 291 g/mol. The van der Waals surface area contributed by atoms with Gasteiger partial charge in [0.15, 0.2) is 0 Å². The number of carboxylic acids is 1. The normalized spacial score (nSPS) is 16.9. The Kier molecular flexibility index (Phi) is 4.83. The molecule has 1 aromatic rings. The van der Waals surface area contributed by atoms with Crippen molar-refractivity contribution in [2.24, 2.45) is 11.8 Å². The van der Waals surface area contributed by atoms with Crippen LogP contribution < -0.4 is 10.1 Å². The molecule has 2 rings (SSSR count). The molecule has 2 atom stereocenters. The first-order valence-corrected chi connectivity index (χ1v) is 7.24. The van der Waals surface area contributed by atoms with Crippen LogP contribution in [0.3, 0.4) is 0 Å². The quantitative estimate of drug-likeness (QED) is 0.808. The van der Waals surface area contributed by atoms with Gasteiger partial charge in [-0.25, -0.2) is 0 Å². The molecule has 0 heterocycles. The summed E-state index contributed by atoms with van der Waals surface area (Å²) in [5, 5.41) is 11.6. The number of carboxylic acid groups (broad SMARTS) is 1. The summed E-state index contributed by atoms with van der Waals surface area (Å²) in [4.78, 5) is 22.9. The third-order valence-corrected chi connectivity index (χ3v) is 3.80. The number of hydrogen-bond donors (Lipinski definition) is 2. The highest BCUT2D eigenvalue weighted by molar-refractivity contribution is 5.94. The number of carbonyl (C=O) groups is 2. The van der Waals surface area contributed by atoms with E-state index in [2.05, 4.69) is 5.32 Å².